The summed E-state index contributed by atoms with van der Waals surface area (Å²) < 4.78 is 41.8. The van der Waals surface area contributed by atoms with Gasteiger partial charge < -0.3 is 4.90 Å². The molecule has 2 aromatic carbocycles. The topological polar surface area (TPSA) is 60.9 Å². The van der Waals surface area contributed by atoms with E-state index in [2.05, 4.69) is 16.3 Å². The maximum absolute atomic E-state index is 14.1. The lowest BCUT2D eigenvalue weighted by molar-refractivity contribution is -0.133. The van der Waals surface area contributed by atoms with Crippen molar-refractivity contribution >= 4 is 38.9 Å². The molecule has 0 radical (unpaired) electrons. The van der Waals surface area contributed by atoms with E-state index in [9.17, 15) is 17.6 Å². The summed E-state index contributed by atoms with van der Waals surface area (Å²) in [6.45, 7) is 4.10. The minimum Gasteiger partial charge on any atom is -0.340 e. The normalized spacial score (nSPS) is 21.1. The molecule has 6 nitrogen and oxygen atoms in total. The first-order chi connectivity index (χ1) is 17.7. The van der Waals surface area contributed by atoms with Crippen molar-refractivity contribution in [2.24, 2.45) is 0 Å². The van der Waals surface area contributed by atoms with Crippen molar-refractivity contribution < 1.29 is 17.6 Å². The first-order valence-corrected chi connectivity index (χ1v) is 15.0. The zero-order valence-corrected chi connectivity index (χ0v) is 22.9. The van der Waals surface area contributed by atoms with Crippen molar-refractivity contribution in [2.75, 3.05) is 32.7 Å². The predicted molar refractivity (Wildman–Crippen MR) is 144 cm³/mol. The van der Waals surface area contributed by atoms with Crippen molar-refractivity contribution in [3.05, 3.63) is 86.8 Å². The van der Waals surface area contributed by atoms with E-state index in [4.69, 9.17) is 11.6 Å². The Morgan fingerprint density at radius 3 is 2.62 bits per heavy atom. The molecule has 0 saturated carbocycles. The standard InChI is InChI=1S/C27H29ClFN3O3S2/c1-19-18-31(14-15-32(19)37(34,35)23-7-5-21(28)6-8-23)26(33)10-13-30-12-9-25-24(11-16-36-25)27(30)20-3-2-4-22(29)17-20/h2-8,11,16-17,19,27H,9-10,12-15,18H2,1H3. The maximum atomic E-state index is 14.1. The van der Waals surface area contributed by atoms with Gasteiger partial charge in [-0.3, -0.25) is 9.69 Å². The van der Waals surface area contributed by atoms with Gasteiger partial charge in [-0.1, -0.05) is 23.7 Å². The number of piperazine rings is 1. The Labute approximate surface area is 226 Å². The van der Waals surface area contributed by atoms with Gasteiger partial charge in [-0.15, -0.1) is 11.3 Å². The van der Waals surface area contributed by atoms with Crippen LogP contribution < -0.4 is 0 Å². The van der Waals surface area contributed by atoms with Gasteiger partial charge in [0, 0.05) is 55.1 Å². The number of rotatable bonds is 6. The number of halogens is 2. The average molecular weight is 562 g/mol. The Morgan fingerprint density at radius 1 is 1.11 bits per heavy atom. The molecule has 2 unspecified atom stereocenters. The smallest absolute Gasteiger partial charge is 0.243 e. The highest BCUT2D eigenvalue weighted by Gasteiger charge is 2.36. The highest BCUT2D eigenvalue weighted by molar-refractivity contribution is 7.89. The fourth-order valence-electron chi connectivity index (χ4n) is 5.34. The molecule has 0 aliphatic carbocycles. The van der Waals surface area contributed by atoms with Crippen molar-refractivity contribution in [3.8, 4) is 0 Å². The summed E-state index contributed by atoms with van der Waals surface area (Å²) in [5.74, 6) is -0.263. The molecule has 5 rings (SSSR count). The Balaban J connectivity index is 1.24. The van der Waals surface area contributed by atoms with Crippen molar-refractivity contribution in [2.45, 2.75) is 36.7 Å². The lowest BCUT2D eigenvalue weighted by atomic mass is 9.93. The summed E-state index contributed by atoms with van der Waals surface area (Å²) in [6, 6.07) is 14.5. The van der Waals surface area contributed by atoms with Crippen LogP contribution >= 0.6 is 22.9 Å². The van der Waals surface area contributed by atoms with Crippen molar-refractivity contribution in [1.82, 2.24) is 14.1 Å². The van der Waals surface area contributed by atoms with Gasteiger partial charge in [0.1, 0.15) is 5.82 Å². The zero-order chi connectivity index (χ0) is 26.2. The molecule has 1 saturated heterocycles. The molecular formula is C27H29ClFN3O3S2. The Bertz CT molecular complexity index is 1380. The van der Waals surface area contributed by atoms with E-state index < -0.39 is 10.0 Å². The molecule has 1 fully saturated rings. The monoisotopic (exact) mass is 561 g/mol. The molecule has 2 aliphatic heterocycles. The van der Waals surface area contributed by atoms with Crippen LogP contribution in [0.15, 0.2) is 64.9 Å². The molecule has 0 bridgehead atoms. The second-order valence-corrected chi connectivity index (χ2v) is 12.9. The Morgan fingerprint density at radius 2 is 1.89 bits per heavy atom. The second-order valence-electron chi connectivity index (χ2n) is 9.55. The highest BCUT2D eigenvalue weighted by atomic mass is 35.5. The molecule has 10 heteroatoms. The van der Waals surface area contributed by atoms with E-state index in [1.54, 1.807) is 40.5 Å². The van der Waals surface area contributed by atoms with E-state index >= 15 is 0 Å². The van der Waals surface area contributed by atoms with E-state index in [0.29, 0.717) is 31.1 Å². The molecule has 0 spiro atoms. The molecule has 196 valence electrons. The number of hydrogen-bond acceptors (Lipinski definition) is 5. The molecule has 0 N–H and O–H groups in total. The number of fused-ring (bicyclic) bond motifs is 1. The number of amides is 1. The number of sulfonamides is 1. The summed E-state index contributed by atoms with van der Waals surface area (Å²) in [6.07, 6.45) is 1.23. The predicted octanol–water partition coefficient (Wildman–Crippen LogP) is 4.80. The van der Waals surface area contributed by atoms with Crippen LogP contribution in [0.4, 0.5) is 4.39 Å². The fraction of sp³-hybridized carbons (Fsp3) is 0.370. The second kappa shape index (κ2) is 10.8. The van der Waals surface area contributed by atoms with Crippen LogP contribution in [0.3, 0.4) is 0 Å². The molecular weight excluding hydrogens is 533 g/mol. The Kier molecular flexibility index (Phi) is 7.70. The van der Waals surface area contributed by atoms with Crippen LogP contribution in [0.1, 0.15) is 35.4 Å². The molecule has 2 aliphatic rings. The largest absolute Gasteiger partial charge is 0.340 e. The van der Waals surface area contributed by atoms with Crippen LogP contribution in [0.25, 0.3) is 0 Å². The van der Waals surface area contributed by atoms with Gasteiger partial charge in [0.15, 0.2) is 0 Å². The third-order valence-electron chi connectivity index (χ3n) is 7.18. The van der Waals surface area contributed by atoms with Crippen LogP contribution in [-0.2, 0) is 21.2 Å². The first kappa shape index (κ1) is 26.3. The third kappa shape index (κ3) is 5.47. The van der Waals surface area contributed by atoms with Crippen LogP contribution in [0, 0.1) is 5.82 Å². The number of benzene rings is 2. The van der Waals surface area contributed by atoms with Crippen molar-refractivity contribution in [1.29, 1.82) is 0 Å². The van der Waals surface area contributed by atoms with Crippen LogP contribution in [-0.4, -0.2) is 67.2 Å². The minimum absolute atomic E-state index is 0.00417. The van der Waals surface area contributed by atoms with Crippen LogP contribution in [0.2, 0.25) is 5.02 Å². The van der Waals surface area contributed by atoms with E-state index in [-0.39, 0.29) is 35.2 Å². The molecule has 1 aromatic heterocycles. The van der Waals surface area contributed by atoms with Gasteiger partial charge in [-0.25, -0.2) is 12.8 Å². The minimum atomic E-state index is -3.67. The Hall–Kier alpha value is -2.30. The summed E-state index contributed by atoms with van der Waals surface area (Å²) in [4.78, 5) is 18.7. The van der Waals surface area contributed by atoms with Gasteiger partial charge >= 0.3 is 0 Å². The number of thiophene rings is 1. The summed E-state index contributed by atoms with van der Waals surface area (Å²) in [7, 11) is -3.67. The molecule has 1 amide bonds. The quantitative estimate of drug-likeness (QED) is 0.434. The van der Waals surface area contributed by atoms with Crippen molar-refractivity contribution in [3.63, 3.8) is 0 Å². The maximum Gasteiger partial charge on any atom is 0.243 e. The number of carbonyl (C=O) groups is 1. The van der Waals surface area contributed by atoms with Gasteiger partial charge in [-0.05, 0) is 72.3 Å². The molecule has 3 aromatic rings. The number of nitrogens with zero attached hydrogens (tertiary/aromatic N) is 3. The molecule has 3 heterocycles. The number of carbonyl (C=O) groups excluding carboxylic acids is 1. The lowest BCUT2D eigenvalue weighted by Gasteiger charge is -2.40. The SMILES string of the molecule is CC1CN(C(=O)CCN2CCc3sccc3C2c2cccc(F)c2)CCN1S(=O)(=O)c1ccc(Cl)cc1. The van der Waals surface area contributed by atoms with E-state index in [1.165, 1.54) is 32.9 Å². The summed E-state index contributed by atoms with van der Waals surface area (Å²) in [5, 5.41) is 2.55. The highest BCUT2D eigenvalue weighted by Crippen LogP contribution is 2.38. The van der Waals surface area contributed by atoms with Gasteiger partial charge in [0.2, 0.25) is 15.9 Å². The zero-order valence-electron chi connectivity index (χ0n) is 20.5. The lowest BCUT2D eigenvalue weighted by Crippen LogP contribution is -2.55. The molecule has 37 heavy (non-hydrogen) atoms. The summed E-state index contributed by atoms with van der Waals surface area (Å²) in [5.41, 5.74) is 2.07. The average Bonchev–Trinajstić information content (AvgIpc) is 3.36. The molecule has 2 atom stereocenters. The van der Waals surface area contributed by atoms with Gasteiger partial charge in [0.25, 0.3) is 0 Å². The fourth-order valence-corrected chi connectivity index (χ4v) is 7.98. The van der Waals surface area contributed by atoms with Crippen LogP contribution in [0.5, 0.6) is 0 Å². The van der Waals surface area contributed by atoms with Gasteiger partial charge in [0.05, 0.1) is 10.9 Å². The van der Waals surface area contributed by atoms with E-state index in [1.807, 2.05) is 13.0 Å². The summed E-state index contributed by atoms with van der Waals surface area (Å²) >= 11 is 7.64. The van der Waals surface area contributed by atoms with E-state index in [0.717, 1.165) is 18.5 Å². The number of hydrogen-bond donors (Lipinski definition) is 0. The van der Waals surface area contributed by atoms with Gasteiger partial charge in [-0.2, -0.15) is 4.31 Å². The third-order valence-corrected chi connectivity index (χ3v) is 10.5. The first-order valence-electron chi connectivity index (χ1n) is 12.3.